The summed E-state index contributed by atoms with van der Waals surface area (Å²) >= 11 is 0. The van der Waals surface area contributed by atoms with Crippen LogP contribution in [0.1, 0.15) is 28.2 Å². The molecule has 0 spiro atoms. The Kier molecular flexibility index (Phi) is 6.42. The quantitative estimate of drug-likeness (QED) is 0.764. The van der Waals surface area contributed by atoms with Gasteiger partial charge >= 0.3 is 6.18 Å². The van der Waals surface area contributed by atoms with Gasteiger partial charge in [-0.2, -0.15) is 13.2 Å². The Hall–Kier alpha value is -2.35. The molecule has 2 aromatic heterocycles. The Bertz CT molecular complexity index is 741. The van der Waals surface area contributed by atoms with E-state index in [1.807, 2.05) is 36.6 Å². The standard InChI is InChI=1S/C18H23F3N4O/c1-13-11-15(14(2)25(13)16-7-4-5-8-22-16)17(26)23-9-6-10-24(3)12-18(19,20)21/h4-5,7-8,11H,6,9-10,12H2,1-3H3,(H,23,26). The van der Waals surface area contributed by atoms with E-state index in [-0.39, 0.29) is 12.5 Å². The topological polar surface area (TPSA) is 50.2 Å². The molecular formula is C18H23F3N4O. The number of aryl methyl sites for hydroxylation is 1. The van der Waals surface area contributed by atoms with Gasteiger partial charge in [0.15, 0.2) is 0 Å². The minimum atomic E-state index is -4.21. The van der Waals surface area contributed by atoms with Crippen LogP contribution in [-0.4, -0.2) is 53.2 Å². The van der Waals surface area contributed by atoms with Gasteiger partial charge in [0, 0.05) is 24.1 Å². The van der Waals surface area contributed by atoms with E-state index in [0.717, 1.165) is 17.2 Å². The van der Waals surface area contributed by atoms with E-state index in [4.69, 9.17) is 0 Å². The Morgan fingerprint density at radius 1 is 1.31 bits per heavy atom. The molecule has 0 atom stereocenters. The van der Waals surface area contributed by atoms with E-state index < -0.39 is 12.7 Å². The third kappa shape index (κ3) is 5.32. The second-order valence-electron chi connectivity index (χ2n) is 6.27. The lowest BCUT2D eigenvalue weighted by atomic mass is 10.2. The highest BCUT2D eigenvalue weighted by atomic mass is 19.4. The van der Waals surface area contributed by atoms with Crippen molar-refractivity contribution >= 4 is 5.91 Å². The fraction of sp³-hybridized carbons (Fsp3) is 0.444. The molecule has 142 valence electrons. The summed E-state index contributed by atoms with van der Waals surface area (Å²) in [6.45, 7) is 3.35. The number of nitrogens with zero attached hydrogens (tertiary/aromatic N) is 3. The molecule has 2 rings (SSSR count). The van der Waals surface area contributed by atoms with E-state index in [1.54, 1.807) is 12.3 Å². The smallest absolute Gasteiger partial charge is 0.352 e. The molecule has 2 aromatic rings. The van der Waals surface area contributed by atoms with Crippen LogP contribution in [-0.2, 0) is 0 Å². The van der Waals surface area contributed by atoms with Gasteiger partial charge in [-0.25, -0.2) is 4.98 Å². The van der Waals surface area contributed by atoms with Crippen molar-refractivity contribution in [2.24, 2.45) is 0 Å². The number of pyridine rings is 1. The molecule has 0 aliphatic rings. The summed E-state index contributed by atoms with van der Waals surface area (Å²) < 4.78 is 38.7. The summed E-state index contributed by atoms with van der Waals surface area (Å²) in [5, 5.41) is 2.77. The van der Waals surface area contributed by atoms with E-state index in [2.05, 4.69) is 10.3 Å². The minimum Gasteiger partial charge on any atom is -0.352 e. The number of hydrogen-bond acceptors (Lipinski definition) is 3. The molecule has 5 nitrogen and oxygen atoms in total. The van der Waals surface area contributed by atoms with E-state index in [9.17, 15) is 18.0 Å². The van der Waals surface area contributed by atoms with Gasteiger partial charge in [-0.15, -0.1) is 0 Å². The van der Waals surface area contributed by atoms with Gasteiger partial charge < -0.3 is 9.88 Å². The van der Waals surface area contributed by atoms with Crippen molar-refractivity contribution in [2.75, 3.05) is 26.7 Å². The minimum absolute atomic E-state index is 0.237. The largest absolute Gasteiger partial charge is 0.401 e. The number of alkyl halides is 3. The molecule has 26 heavy (non-hydrogen) atoms. The first-order chi connectivity index (χ1) is 12.2. The molecule has 0 bridgehead atoms. The number of rotatable bonds is 7. The summed E-state index contributed by atoms with van der Waals surface area (Å²) in [6.07, 6.45) is -2.08. The summed E-state index contributed by atoms with van der Waals surface area (Å²) in [7, 11) is 1.41. The van der Waals surface area contributed by atoms with Crippen LogP contribution in [0.25, 0.3) is 5.82 Å². The zero-order valence-electron chi connectivity index (χ0n) is 15.1. The Morgan fingerprint density at radius 2 is 2.04 bits per heavy atom. The third-order valence-corrected chi connectivity index (χ3v) is 4.01. The first-order valence-corrected chi connectivity index (χ1v) is 8.33. The molecular weight excluding hydrogens is 345 g/mol. The van der Waals surface area contributed by atoms with Crippen molar-refractivity contribution in [3.63, 3.8) is 0 Å². The summed E-state index contributed by atoms with van der Waals surface area (Å²) in [6, 6.07) is 7.34. The van der Waals surface area contributed by atoms with Crippen molar-refractivity contribution in [1.29, 1.82) is 0 Å². The van der Waals surface area contributed by atoms with Crippen LogP contribution in [0.2, 0.25) is 0 Å². The molecule has 0 aliphatic heterocycles. The fourth-order valence-corrected chi connectivity index (χ4v) is 2.86. The van der Waals surface area contributed by atoms with Crippen molar-refractivity contribution < 1.29 is 18.0 Å². The highest BCUT2D eigenvalue weighted by Gasteiger charge is 2.28. The molecule has 0 saturated heterocycles. The first kappa shape index (κ1) is 20.0. The Labute approximate surface area is 150 Å². The van der Waals surface area contributed by atoms with E-state index in [0.29, 0.717) is 18.5 Å². The molecule has 1 amide bonds. The number of amides is 1. The van der Waals surface area contributed by atoms with Crippen molar-refractivity contribution in [2.45, 2.75) is 26.4 Å². The van der Waals surface area contributed by atoms with Crippen molar-refractivity contribution in [1.82, 2.24) is 19.8 Å². The number of nitrogens with one attached hydrogen (secondary N) is 1. The van der Waals surface area contributed by atoms with Crippen LogP contribution in [0.5, 0.6) is 0 Å². The Morgan fingerprint density at radius 3 is 2.65 bits per heavy atom. The molecule has 0 saturated carbocycles. The van der Waals surface area contributed by atoms with Gasteiger partial charge in [-0.05, 0) is 52.1 Å². The number of hydrogen-bond donors (Lipinski definition) is 1. The number of aromatic nitrogens is 2. The Balaban J connectivity index is 1.93. The third-order valence-electron chi connectivity index (χ3n) is 4.01. The lowest BCUT2D eigenvalue weighted by Crippen LogP contribution is -2.33. The van der Waals surface area contributed by atoms with Crippen LogP contribution >= 0.6 is 0 Å². The molecule has 8 heteroatoms. The average molecular weight is 368 g/mol. The van der Waals surface area contributed by atoms with Gasteiger partial charge in [-0.1, -0.05) is 6.07 Å². The second kappa shape index (κ2) is 8.35. The predicted molar refractivity (Wildman–Crippen MR) is 93.5 cm³/mol. The molecule has 0 radical (unpaired) electrons. The summed E-state index contributed by atoms with van der Waals surface area (Å²) in [5.41, 5.74) is 2.20. The van der Waals surface area contributed by atoms with Gasteiger partial charge in [0.1, 0.15) is 5.82 Å². The second-order valence-corrected chi connectivity index (χ2v) is 6.27. The number of carbonyl (C=O) groups excluding carboxylic acids is 1. The SMILES string of the molecule is Cc1cc(C(=O)NCCCN(C)CC(F)(F)F)c(C)n1-c1ccccn1. The van der Waals surface area contributed by atoms with Gasteiger partial charge in [0.25, 0.3) is 5.91 Å². The predicted octanol–water partition coefficient (Wildman–Crippen LogP) is 3.10. The number of halogens is 3. The monoisotopic (exact) mass is 368 g/mol. The van der Waals surface area contributed by atoms with Crippen LogP contribution in [0.3, 0.4) is 0 Å². The molecule has 0 aliphatic carbocycles. The van der Waals surface area contributed by atoms with Crippen LogP contribution in [0, 0.1) is 13.8 Å². The lowest BCUT2D eigenvalue weighted by molar-refractivity contribution is -0.143. The van der Waals surface area contributed by atoms with Gasteiger partial charge in [0.2, 0.25) is 0 Å². The maximum atomic E-state index is 12.4. The molecule has 0 unspecified atom stereocenters. The van der Waals surface area contributed by atoms with Gasteiger partial charge in [-0.3, -0.25) is 9.69 Å². The van der Waals surface area contributed by atoms with Crippen LogP contribution in [0.15, 0.2) is 30.5 Å². The van der Waals surface area contributed by atoms with Crippen molar-refractivity contribution in [3.05, 3.63) is 47.4 Å². The zero-order chi connectivity index (χ0) is 19.3. The highest BCUT2D eigenvalue weighted by molar-refractivity contribution is 5.95. The molecule has 0 aromatic carbocycles. The van der Waals surface area contributed by atoms with Crippen LogP contribution in [0.4, 0.5) is 13.2 Å². The zero-order valence-corrected chi connectivity index (χ0v) is 15.1. The average Bonchev–Trinajstić information content (AvgIpc) is 2.85. The van der Waals surface area contributed by atoms with E-state index >= 15 is 0 Å². The van der Waals surface area contributed by atoms with Crippen molar-refractivity contribution in [3.8, 4) is 5.82 Å². The molecule has 2 heterocycles. The maximum Gasteiger partial charge on any atom is 0.401 e. The van der Waals surface area contributed by atoms with Gasteiger partial charge in [0.05, 0.1) is 12.1 Å². The lowest BCUT2D eigenvalue weighted by Gasteiger charge is -2.18. The summed E-state index contributed by atoms with van der Waals surface area (Å²) in [5.74, 6) is 0.495. The normalized spacial score (nSPS) is 11.8. The first-order valence-electron chi connectivity index (χ1n) is 8.33. The van der Waals surface area contributed by atoms with Crippen LogP contribution < -0.4 is 5.32 Å². The fourth-order valence-electron chi connectivity index (χ4n) is 2.86. The molecule has 1 N–H and O–H groups in total. The number of carbonyl (C=O) groups is 1. The maximum absolute atomic E-state index is 12.4. The summed E-state index contributed by atoms with van der Waals surface area (Å²) in [4.78, 5) is 17.9. The van der Waals surface area contributed by atoms with E-state index in [1.165, 1.54) is 11.9 Å². The highest BCUT2D eigenvalue weighted by Crippen LogP contribution is 2.19. The molecule has 0 fully saturated rings.